The van der Waals surface area contributed by atoms with Gasteiger partial charge in [-0.25, -0.2) is 0 Å². The summed E-state index contributed by atoms with van der Waals surface area (Å²) in [6, 6.07) is 15.8. The number of fused-ring (bicyclic) bond motifs is 1. The van der Waals surface area contributed by atoms with Crippen LogP contribution in [0.3, 0.4) is 0 Å². The second-order valence-corrected chi connectivity index (χ2v) is 5.77. The lowest BCUT2D eigenvalue weighted by Crippen LogP contribution is -2.31. The Kier molecular flexibility index (Phi) is 5.21. The molecule has 0 spiro atoms. The molecule has 2 aromatic carbocycles. The number of azo groups is 1. The monoisotopic (exact) mass is 323 g/mol. The molecule has 2 aromatic rings. The lowest BCUT2D eigenvalue weighted by Gasteiger charge is -2.31. The molecule has 0 fully saturated rings. The standard InChI is InChI=1S/C19H21N3O2/c1-24-19(23)11-13-22-12-5-6-15-14-17(9-10-18(15)22)21-20-16-7-3-2-4-8-16/h2-4,7-10,14H,5-6,11-13H2,1H3. The molecule has 0 aromatic heterocycles. The predicted molar refractivity (Wildman–Crippen MR) is 94.2 cm³/mol. The number of nitrogens with zero attached hydrogens (tertiary/aromatic N) is 3. The first kappa shape index (κ1) is 16.2. The molecule has 124 valence electrons. The number of anilines is 1. The molecule has 1 aliphatic heterocycles. The first-order chi connectivity index (χ1) is 11.8. The Hall–Kier alpha value is -2.69. The van der Waals surface area contributed by atoms with Crippen LogP contribution in [0, 0.1) is 0 Å². The van der Waals surface area contributed by atoms with Gasteiger partial charge < -0.3 is 9.64 Å². The lowest BCUT2D eigenvalue weighted by atomic mass is 10.0. The van der Waals surface area contributed by atoms with Crippen LogP contribution in [-0.4, -0.2) is 26.2 Å². The van der Waals surface area contributed by atoms with Gasteiger partial charge in [0.25, 0.3) is 0 Å². The molecular weight excluding hydrogens is 302 g/mol. The number of hydrogen-bond donors (Lipinski definition) is 0. The van der Waals surface area contributed by atoms with Crippen molar-refractivity contribution in [2.45, 2.75) is 19.3 Å². The molecule has 0 bridgehead atoms. The largest absolute Gasteiger partial charge is 0.469 e. The molecular formula is C19H21N3O2. The minimum atomic E-state index is -0.171. The minimum Gasteiger partial charge on any atom is -0.469 e. The molecule has 0 saturated carbocycles. The summed E-state index contributed by atoms with van der Waals surface area (Å²) in [6.07, 6.45) is 2.51. The van der Waals surface area contributed by atoms with Gasteiger partial charge in [0.2, 0.25) is 0 Å². The molecule has 0 radical (unpaired) electrons. The van der Waals surface area contributed by atoms with E-state index >= 15 is 0 Å². The van der Waals surface area contributed by atoms with Gasteiger partial charge in [-0.05, 0) is 48.7 Å². The van der Waals surface area contributed by atoms with Crippen LogP contribution in [-0.2, 0) is 16.0 Å². The second-order valence-electron chi connectivity index (χ2n) is 5.77. The Morgan fingerprint density at radius 1 is 1.12 bits per heavy atom. The van der Waals surface area contributed by atoms with Crippen molar-refractivity contribution in [1.29, 1.82) is 0 Å². The summed E-state index contributed by atoms with van der Waals surface area (Å²) in [6.45, 7) is 1.65. The van der Waals surface area contributed by atoms with Gasteiger partial charge in [0.15, 0.2) is 0 Å². The maximum absolute atomic E-state index is 11.4. The number of rotatable bonds is 5. The number of benzene rings is 2. The molecule has 0 unspecified atom stereocenters. The number of esters is 1. The van der Waals surface area contributed by atoms with Crippen LogP contribution in [0.25, 0.3) is 0 Å². The Morgan fingerprint density at radius 2 is 1.92 bits per heavy atom. The highest BCUT2D eigenvalue weighted by atomic mass is 16.5. The van der Waals surface area contributed by atoms with E-state index < -0.39 is 0 Å². The highest BCUT2D eigenvalue weighted by molar-refractivity contribution is 5.70. The van der Waals surface area contributed by atoms with E-state index in [1.165, 1.54) is 18.4 Å². The summed E-state index contributed by atoms with van der Waals surface area (Å²) in [7, 11) is 1.43. The zero-order chi connectivity index (χ0) is 16.8. The van der Waals surface area contributed by atoms with E-state index in [1.807, 2.05) is 36.4 Å². The molecule has 5 nitrogen and oxygen atoms in total. The first-order valence-corrected chi connectivity index (χ1v) is 8.18. The van der Waals surface area contributed by atoms with Crippen molar-refractivity contribution in [3.63, 3.8) is 0 Å². The summed E-state index contributed by atoms with van der Waals surface area (Å²) in [5.74, 6) is -0.171. The van der Waals surface area contributed by atoms with Gasteiger partial charge in [-0.3, -0.25) is 4.79 Å². The molecule has 5 heteroatoms. The van der Waals surface area contributed by atoms with Crippen molar-refractivity contribution in [1.82, 2.24) is 0 Å². The fourth-order valence-corrected chi connectivity index (χ4v) is 2.89. The number of methoxy groups -OCH3 is 1. The molecule has 1 aliphatic rings. The van der Waals surface area contributed by atoms with Crippen LogP contribution in [0.15, 0.2) is 58.8 Å². The Bertz CT molecular complexity index is 729. The van der Waals surface area contributed by atoms with E-state index in [9.17, 15) is 4.79 Å². The molecule has 0 aliphatic carbocycles. The smallest absolute Gasteiger partial charge is 0.307 e. The third kappa shape index (κ3) is 3.98. The van der Waals surface area contributed by atoms with Gasteiger partial charge in [0.05, 0.1) is 24.9 Å². The third-order valence-corrected chi connectivity index (χ3v) is 4.13. The fourth-order valence-electron chi connectivity index (χ4n) is 2.89. The Labute approximate surface area is 142 Å². The number of aryl methyl sites for hydroxylation is 1. The maximum atomic E-state index is 11.4. The Balaban J connectivity index is 1.73. The SMILES string of the molecule is COC(=O)CCN1CCCc2cc(N=Nc3ccccc3)ccc21. The van der Waals surface area contributed by atoms with Gasteiger partial charge in [-0.15, -0.1) is 0 Å². The van der Waals surface area contributed by atoms with E-state index in [4.69, 9.17) is 4.74 Å². The molecule has 0 N–H and O–H groups in total. The molecule has 0 saturated heterocycles. The number of carbonyl (C=O) groups excluding carboxylic acids is 1. The first-order valence-electron chi connectivity index (χ1n) is 8.18. The van der Waals surface area contributed by atoms with Crippen LogP contribution >= 0.6 is 0 Å². The van der Waals surface area contributed by atoms with Crippen LogP contribution in [0.4, 0.5) is 17.1 Å². The van der Waals surface area contributed by atoms with Crippen molar-refractivity contribution in [3.05, 3.63) is 54.1 Å². The summed E-state index contributed by atoms with van der Waals surface area (Å²) in [5, 5.41) is 8.59. The molecule has 0 amide bonds. The summed E-state index contributed by atoms with van der Waals surface area (Å²) < 4.78 is 4.73. The summed E-state index contributed by atoms with van der Waals surface area (Å²) in [5.41, 5.74) is 4.14. The number of ether oxygens (including phenoxy) is 1. The summed E-state index contributed by atoms with van der Waals surface area (Å²) in [4.78, 5) is 13.6. The number of carbonyl (C=O) groups is 1. The van der Waals surface area contributed by atoms with E-state index in [0.29, 0.717) is 13.0 Å². The molecule has 0 atom stereocenters. The number of hydrogen-bond acceptors (Lipinski definition) is 5. The van der Waals surface area contributed by atoms with Gasteiger partial charge in [0.1, 0.15) is 0 Å². The van der Waals surface area contributed by atoms with E-state index in [1.54, 1.807) is 0 Å². The highest BCUT2D eigenvalue weighted by Crippen LogP contribution is 2.31. The van der Waals surface area contributed by atoms with Crippen molar-refractivity contribution in [2.24, 2.45) is 10.2 Å². The molecule has 1 heterocycles. The van der Waals surface area contributed by atoms with E-state index in [-0.39, 0.29) is 5.97 Å². The van der Waals surface area contributed by atoms with Crippen LogP contribution < -0.4 is 4.90 Å². The van der Waals surface area contributed by atoms with E-state index in [2.05, 4.69) is 27.3 Å². The van der Waals surface area contributed by atoms with Crippen molar-refractivity contribution < 1.29 is 9.53 Å². The quantitative estimate of drug-likeness (QED) is 0.604. The third-order valence-electron chi connectivity index (χ3n) is 4.13. The van der Waals surface area contributed by atoms with Gasteiger partial charge >= 0.3 is 5.97 Å². The highest BCUT2D eigenvalue weighted by Gasteiger charge is 2.18. The maximum Gasteiger partial charge on any atom is 0.307 e. The van der Waals surface area contributed by atoms with Gasteiger partial charge in [-0.1, -0.05) is 18.2 Å². The molecule has 3 rings (SSSR count). The second kappa shape index (κ2) is 7.73. The fraction of sp³-hybridized carbons (Fsp3) is 0.316. The van der Waals surface area contributed by atoms with Crippen LogP contribution in [0.2, 0.25) is 0 Å². The predicted octanol–water partition coefficient (Wildman–Crippen LogP) is 4.42. The van der Waals surface area contributed by atoms with Crippen molar-refractivity contribution in [2.75, 3.05) is 25.1 Å². The van der Waals surface area contributed by atoms with Crippen LogP contribution in [0.5, 0.6) is 0 Å². The minimum absolute atomic E-state index is 0.171. The van der Waals surface area contributed by atoms with Crippen molar-refractivity contribution in [3.8, 4) is 0 Å². The summed E-state index contributed by atoms with van der Waals surface area (Å²) >= 11 is 0. The topological polar surface area (TPSA) is 54.3 Å². The zero-order valence-electron chi connectivity index (χ0n) is 13.8. The average molecular weight is 323 g/mol. The van der Waals surface area contributed by atoms with Crippen LogP contribution in [0.1, 0.15) is 18.4 Å². The molecule has 24 heavy (non-hydrogen) atoms. The lowest BCUT2D eigenvalue weighted by molar-refractivity contribution is -0.140. The van der Waals surface area contributed by atoms with E-state index in [0.717, 1.165) is 30.8 Å². The average Bonchev–Trinajstić information content (AvgIpc) is 2.65. The van der Waals surface area contributed by atoms with Gasteiger partial charge in [-0.2, -0.15) is 10.2 Å². The zero-order valence-corrected chi connectivity index (χ0v) is 13.8. The normalized spacial score (nSPS) is 13.8. The van der Waals surface area contributed by atoms with Gasteiger partial charge in [0, 0.05) is 18.8 Å². The van der Waals surface area contributed by atoms with Crippen molar-refractivity contribution >= 4 is 23.0 Å². The Morgan fingerprint density at radius 3 is 2.71 bits per heavy atom.